The molecule has 1 aliphatic rings. The first-order valence-corrected chi connectivity index (χ1v) is 7.99. The van der Waals surface area contributed by atoms with Gasteiger partial charge in [0.2, 0.25) is 0 Å². The molecule has 1 unspecified atom stereocenters. The molecule has 0 radical (unpaired) electrons. The first-order valence-electron chi connectivity index (χ1n) is 7.99. The van der Waals surface area contributed by atoms with Gasteiger partial charge in [-0.25, -0.2) is 0 Å². The van der Waals surface area contributed by atoms with Gasteiger partial charge in [-0.05, 0) is 44.4 Å². The monoisotopic (exact) mass is 291 g/mol. The second-order valence-corrected chi connectivity index (χ2v) is 5.49. The number of carbonyl (C=O) groups is 1. The lowest BCUT2D eigenvalue weighted by Gasteiger charge is -2.21. The van der Waals surface area contributed by atoms with Gasteiger partial charge in [0.05, 0.1) is 0 Å². The number of piperidine rings is 1. The maximum Gasteiger partial charge on any atom is 0.311 e. The number of hydrogen-bond donors (Lipinski definition) is 1. The van der Waals surface area contributed by atoms with Crippen LogP contribution in [0.4, 0.5) is 0 Å². The van der Waals surface area contributed by atoms with E-state index >= 15 is 0 Å². The second-order valence-electron chi connectivity index (χ2n) is 5.49. The van der Waals surface area contributed by atoms with Crippen LogP contribution in [0.5, 0.6) is 5.75 Å². The summed E-state index contributed by atoms with van der Waals surface area (Å²) in [6.07, 6.45) is 6.77. The van der Waals surface area contributed by atoms with E-state index < -0.39 is 0 Å². The summed E-state index contributed by atoms with van der Waals surface area (Å²) < 4.78 is 10.3. The molecule has 4 nitrogen and oxygen atoms in total. The number of carbonyl (C=O) groups excluding carboxylic acids is 1. The number of nitrogens with one attached hydrogen (secondary N) is 1. The van der Waals surface area contributed by atoms with E-state index in [1.165, 1.54) is 32.2 Å². The minimum absolute atomic E-state index is 0.202. The molecule has 116 valence electrons. The summed E-state index contributed by atoms with van der Waals surface area (Å²) in [5, 5.41) is 3.47. The quantitative estimate of drug-likeness (QED) is 0.680. The molecule has 0 saturated carbocycles. The summed E-state index contributed by atoms with van der Waals surface area (Å²) in [6, 6.07) is 6.20. The number of hydrogen-bond acceptors (Lipinski definition) is 4. The van der Waals surface area contributed by atoms with Gasteiger partial charge in [0.15, 0.2) is 11.3 Å². The molecule has 3 rings (SSSR count). The molecule has 4 heteroatoms. The summed E-state index contributed by atoms with van der Waals surface area (Å²) in [4.78, 5) is 11.1. The third-order valence-corrected chi connectivity index (χ3v) is 3.73. The van der Waals surface area contributed by atoms with E-state index in [0.717, 1.165) is 18.0 Å². The van der Waals surface area contributed by atoms with Crippen molar-refractivity contribution in [3.05, 3.63) is 18.2 Å². The molecule has 1 saturated heterocycles. The van der Waals surface area contributed by atoms with E-state index in [4.69, 9.17) is 9.15 Å². The summed E-state index contributed by atoms with van der Waals surface area (Å²) in [5.74, 6) is 0.336. The van der Waals surface area contributed by atoms with E-state index in [-0.39, 0.29) is 5.97 Å². The predicted molar refractivity (Wildman–Crippen MR) is 83.9 cm³/mol. The van der Waals surface area contributed by atoms with Crippen LogP contribution in [-0.4, -0.2) is 18.6 Å². The molecule has 0 spiro atoms. The molecule has 1 atom stereocenters. The van der Waals surface area contributed by atoms with Crippen LogP contribution in [-0.2, 0) is 4.79 Å². The van der Waals surface area contributed by atoms with E-state index in [2.05, 4.69) is 12.2 Å². The van der Waals surface area contributed by atoms with E-state index in [0.29, 0.717) is 17.8 Å². The number of benzene rings is 1. The molecule has 1 N–H and O–H groups in total. The summed E-state index contributed by atoms with van der Waals surface area (Å²) in [6.45, 7) is 5.44. The maximum absolute atomic E-state index is 11.1. The highest BCUT2D eigenvalue weighted by molar-refractivity contribution is 5.78. The van der Waals surface area contributed by atoms with Crippen molar-refractivity contribution in [2.75, 3.05) is 6.54 Å². The Bertz CT molecular complexity index is 528. The number of esters is 1. The SMILES string of the molecule is CCC1CCCCN1.CCCC(=O)Oc1cc2ccc1o2. The van der Waals surface area contributed by atoms with Gasteiger partial charge in [-0.15, -0.1) is 0 Å². The zero-order valence-corrected chi connectivity index (χ0v) is 13.0. The number of furan rings is 2. The molecule has 3 heterocycles. The normalized spacial score (nSPS) is 18.3. The molecule has 2 bridgehead atoms. The van der Waals surface area contributed by atoms with Gasteiger partial charge in [0.25, 0.3) is 0 Å². The molecule has 2 aromatic rings. The lowest BCUT2D eigenvalue weighted by molar-refractivity contribution is -0.134. The molecule has 2 aromatic heterocycles. The van der Waals surface area contributed by atoms with Crippen molar-refractivity contribution in [1.29, 1.82) is 0 Å². The Morgan fingerprint density at radius 2 is 2.24 bits per heavy atom. The molecule has 0 aliphatic carbocycles. The Hall–Kier alpha value is -1.55. The highest BCUT2D eigenvalue weighted by atomic mass is 16.5. The van der Waals surface area contributed by atoms with Crippen molar-refractivity contribution in [3.8, 4) is 5.75 Å². The molecular weight excluding hydrogens is 266 g/mol. The number of rotatable bonds is 4. The van der Waals surface area contributed by atoms with Gasteiger partial charge >= 0.3 is 5.97 Å². The molecular formula is C17H25NO3. The van der Waals surface area contributed by atoms with Gasteiger partial charge in [-0.1, -0.05) is 20.3 Å². The standard InChI is InChI=1S/C10H10O3.C7H15N/c1-2-3-10(11)13-9-6-7-4-5-8(9)12-7;1-2-7-5-3-4-6-8-7/h4-6H,2-3H2,1H3;7-8H,2-6H2,1H3. The Balaban J connectivity index is 0.000000173. The number of ether oxygens (including phenoxy) is 1. The van der Waals surface area contributed by atoms with Gasteiger partial charge in [0, 0.05) is 18.5 Å². The van der Waals surface area contributed by atoms with Crippen LogP contribution in [0.2, 0.25) is 0 Å². The first kappa shape index (κ1) is 15.8. The van der Waals surface area contributed by atoms with Crippen molar-refractivity contribution in [2.45, 2.75) is 58.4 Å². The smallest absolute Gasteiger partial charge is 0.311 e. The van der Waals surface area contributed by atoms with Crippen LogP contribution in [0.15, 0.2) is 22.6 Å². The third kappa shape index (κ3) is 4.74. The van der Waals surface area contributed by atoms with Crippen LogP contribution in [0.1, 0.15) is 52.4 Å². The Kier molecular flexibility index (Phi) is 6.05. The fourth-order valence-electron chi connectivity index (χ4n) is 2.49. The van der Waals surface area contributed by atoms with Gasteiger partial charge in [0.1, 0.15) is 5.58 Å². The second kappa shape index (κ2) is 8.03. The molecule has 21 heavy (non-hydrogen) atoms. The Labute approximate surface area is 126 Å². The lowest BCUT2D eigenvalue weighted by atomic mass is 10.0. The summed E-state index contributed by atoms with van der Waals surface area (Å²) in [7, 11) is 0. The molecule has 0 amide bonds. The maximum atomic E-state index is 11.1. The minimum Gasteiger partial charge on any atom is -0.453 e. The largest absolute Gasteiger partial charge is 0.453 e. The van der Waals surface area contributed by atoms with E-state index in [1.807, 2.05) is 13.0 Å². The Morgan fingerprint density at radius 1 is 1.38 bits per heavy atom. The average molecular weight is 291 g/mol. The number of fused-ring (bicyclic) bond motifs is 2. The minimum atomic E-state index is -0.202. The van der Waals surface area contributed by atoms with Gasteiger partial charge < -0.3 is 14.5 Å². The van der Waals surface area contributed by atoms with Crippen LogP contribution < -0.4 is 10.1 Å². The third-order valence-electron chi connectivity index (χ3n) is 3.73. The molecule has 0 aromatic carbocycles. The predicted octanol–water partition coefficient (Wildman–Crippen LogP) is 4.11. The Morgan fingerprint density at radius 3 is 2.71 bits per heavy atom. The summed E-state index contributed by atoms with van der Waals surface area (Å²) >= 11 is 0. The first-order chi connectivity index (χ1) is 10.2. The topological polar surface area (TPSA) is 51.5 Å². The van der Waals surface area contributed by atoms with E-state index in [9.17, 15) is 4.79 Å². The average Bonchev–Trinajstić information content (AvgIpc) is 3.11. The van der Waals surface area contributed by atoms with Crippen LogP contribution in [0, 0.1) is 0 Å². The van der Waals surface area contributed by atoms with Crippen LogP contribution in [0.3, 0.4) is 0 Å². The fourth-order valence-corrected chi connectivity index (χ4v) is 2.49. The van der Waals surface area contributed by atoms with Crippen molar-refractivity contribution in [3.63, 3.8) is 0 Å². The van der Waals surface area contributed by atoms with Crippen molar-refractivity contribution in [1.82, 2.24) is 5.32 Å². The molecule has 1 aliphatic heterocycles. The molecule has 1 fully saturated rings. The van der Waals surface area contributed by atoms with Gasteiger partial charge in [-0.3, -0.25) is 4.79 Å². The highest BCUT2D eigenvalue weighted by Gasteiger charge is 2.11. The van der Waals surface area contributed by atoms with Gasteiger partial charge in [-0.2, -0.15) is 0 Å². The zero-order valence-electron chi connectivity index (χ0n) is 13.0. The lowest BCUT2D eigenvalue weighted by Crippen LogP contribution is -2.32. The fraction of sp³-hybridized carbons (Fsp3) is 0.588. The zero-order chi connectivity index (χ0) is 15.1. The van der Waals surface area contributed by atoms with Crippen LogP contribution in [0.25, 0.3) is 11.2 Å². The van der Waals surface area contributed by atoms with E-state index in [1.54, 1.807) is 12.1 Å². The van der Waals surface area contributed by atoms with Crippen molar-refractivity contribution < 1.29 is 13.9 Å². The summed E-state index contributed by atoms with van der Waals surface area (Å²) in [5.41, 5.74) is 1.38. The highest BCUT2D eigenvalue weighted by Crippen LogP contribution is 2.29. The van der Waals surface area contributed by atoms with Crippen molar-refractivity contribution in [2.24, 2.45) is 0 Å². The van der Waals surface area contributed by atoms with Crippen molar-refractivity contribution >= 4 is 17.1 Å². The van der Waals surface area contributed by atoms with Crippen LogP contribution >= 0.6 is 0 Å².